The van der Waals surface area contributed by atoms with E-state index in [-0.39, 0.29) is 0 Å². The smallest absolute Gasteiger partial charge is 0.338 e. The number of amides is 1. The van der Waals surface area contributed by atoms with Crippen LogP contribution in [0, 0.1) is 11.3 Å². The van der Waals surface area contributed by atoms with Crippen LogP contribution in [0.5, 0.6) is 0 Å². The topological polar surface area (TPSA) is 79.2 Å². The number of aryl methyl sites for hydroxylation is 1. The normalized spacial score (nSPS) is 12.3. The largest absolute Gasteiger partial charge is 0.452 e. The van der Waals surface area contributed by atoms with E-state index in [1.165, 1.54) is 11.3 Å². The van der Waals surface area contributed by atoms with E-state index in [0.29, 0.717) is 16.1 Å². The number of nitrogens with zero attached hydrogens (tertiary/aromatic N) is 1. The van der Waals surface area contributed by atoms with Gasteiger partial charge >= 0.3 is 5.97 Å². The molecule has 122 valence electrons. The average molecular weight is 405 g/mol. The fraction of sp³-hybridized carbons (Fsp3) is 0.235. The van der Waals surface area contributed by atoms with Crippen LogP contribution in [0.4, 0.5) is 5.00 Å². The number of nitrogens with one attached hydrogen (secondary N) is 1. The molecule has 0 fully saturated rings. The highest BCUT2D eigenvalue weighted by Crippen LogP contribution is 2.38. The molecule has 0 unspecified atom stereocenters. The quantitative estimate of drug-likeness (QED) is 0.788. The Labute approximate surface area is 151 Å². The monoisotopic (exact) mass is 404 g/mol. The molecular weight excluding hydrogens is 392 g/mol. The van der Waals surface area contributed by atoms with Gasteiger partial charge in [-0.3, -0.25) is 4.79 Å². The van der Waals surface area contributed by atoms with Crippen molar-refractivity contribution in [3.63, 3.8) is 0 Å². The van der Waals surface area contributed by atoms with Crippen molar-refractivity contribution in [1.82, 2.24) is 0 Å². The van der Waals surface area contributed by atoms with Gasteiger partial charge in [0.05, 0.1) is 11.1 Å². The van der Waals surface area contributed by atoms with Gasteiger partial charge in [-0.15, -0.1) is 11.3 Å². The summed E-state index contributed by atoms with van der Waals surface area (Å²) in [6.07, 6.45) is 2.87. The number of thiophene rings is 1. The van der Waals surface area contributed by atoms with Crippen LogP contribution in [0.15, 0.2) is 28.7 Å². The number of ether oxygens (including phenoxy) is 1. The molecule has 24 heavy (non-hydrogen) atoms. The van der Waals surface area contributed by atoms with Gasteiger partial charge < -0.3 is 10.1 Å². The van der Waals surface area contributed by atoms with Crippen molar-refractivity contribution in [2.45, 2.75) is 19.3 Å². The van der Waals surface area contributed by atoms with Crippen molar-refractivity contribution in [2.24, 2.45) is 0 Å². The highest BCUT2D eigenvalue weighted by Gasteiger charge is 2.23. The van der Waals surface area contributed by atoms with Crippen molar-refractivity contribution >= 4 is 44.1 Å². The fourth-order valence-electron chi connectivity index (χ4n) is 2.60. The summed E-state index contributed by atoms with van der Waals surface area (Å²) in [5.41, 5.74) is 1.95. The summed E-state index contributed by atoms with van der Waals surface area (Å²) in [6.45, 7) is -0.390. The Hall–Kier alpha value is -2.17. The van der Waals surface area contributed by atoms with Crippen LogP contribution in [-0.4, -0.2) is 18.5 Å². The Morgan fingerprint density at radius 3 is 2.96 bits per heavy atom. The van der Waals surface area contributed by atoms with Gasteiger partial charge in [0.15, 0.2) is 6.61 Å². The molecule has 2 aromatic rings. The molecular formula is C17H13BrN2O3S. The van der Waals surface area contributed by atoms with E-state index in [9.17, 15) is 14.9 Å². The molecule has 0 bridgehead atoms. The number of rotatable bonds is 4. The van der Waals surface area contributed by atoms with Crippen LogP contribution in [0.3, 0.4) is 0 Å². The van der Waals surface area contributed by atoms with E-state index in [1.807, 2.05) is 0 Å². The molecule has 0 radical (unpaired) electrons. The summed E-state index contributed by atoms with van der Waals surface area (Å²) in [4.78, 5) is 25.1. The first-order chi connectivity index (χ1) is 11.6. The lowest BCUT2D eigenvalue weighted by atomic mass is 10.1. The van der Waals surface area contributed by atoms with Crippen LogP contribution < -0.4 is 5.32 Å². The zero-order chi connectivity index (χ0) is 17.1. The number of carbonyl (C=O) groups is 2. The number of hydrogen-bond acceptors (Lipinski definition) is 5. The van der Waals surface area contributed by atoms with E-state index < -0.39 is 18.5 Å². The number of esters is 1. The van der Waals surface area contributed by atoms with Crippen molar-refractivity contribution in [1.29, 1.82) is 5.26 Å². The fourth-order valence-corrected chi connectivity index (χ4v) is 4.26. The van der Waals surface area contributed by atoms with E-state index in [2.05, 4.69) is 27.3 Å². The van der Waals surface area contributed by atoms with Crippen molar-refractivity contribution in [3.8, 4) is 6.07 Å². The van der Waals surface area contributed by atoms with Gasteiger partial charge in [-0.05, 0) is 43.0 Å². The third-order valence-electron chi connectivity index (χ3n) is 3.68. The summed E-state index contributed by atoms with van der Waals surface area (Å²) in [7, 11) is 0. The first-order valence-electron chi connectivity index (χ1n) is 7.35. The van der Waals surface area contributed by atoms with Crippen LogP contribution >= 0.6 is 27.3 Å². The number of halogens is 1. The minimum absolute atomic E-state index is 0.366. The molecule has 0 saturated carbocycles. The molecule has 3 rings (SSSR count). The summed E-state index contributed by atoms with van der Waals surface area (Å²) in [5, 5.41) is 12.5. The van der Waals surface area contributed by atoms with Gasteiger partial charge in [-0.1, -0.05) is 22.0 Å². The molecule has 1 amide bonds. The summed E-state index contributed by atoms with van der Waals surface area (Å²) in [6, 6.07) is 8.91. The first-order valence-corrected chi connectivity index (χ1v) is 8.96. The molecule has 7 heteroatoms. The highest BCUT2D eigenvalue weighted by atomic mass is 79.9. The third-order valence-corrected chi connectivity index (χ3v) is 5.38. The second-order valence-electron chi connectivity index (χ2n) is 5.31. The van der Waals surface area contributed by atoms with Crippen molar-refractivity contribution in [2.75, 3.05) is 11.9 Å². The molecule has 0 aliphatic heterocycles. The maximum absolute atomic E-state index is 12.0. The minimum atomic E-state index is -0.569. The predicted molar refractivity (Wildman–Crippen MR) is 94.1 cm³/mol. The van der Waals surface area contributed by atoms with E-state index in [4.69, 9.17) is 4.74 Å². The Balaban J connectivity index is 1.61. The molecule has 0 saturated heterocycles. The van der Waals surface area contributed by atoms with Crippen LogP contribution in [0.1, 0.15) is 32.8 Å². The Morgan fingerprint density at radius 1 is 1.38 bits per heavy atom. The summed E-state index contributed by atoms with van der Waals surface area (Å²) >= 11 is 4.71. The number of anilines is 1. The van der Waals surface area contributed by atoms with E-state index in [1.54, 1.807) is 24.3 Å². The molecule has 0 spiro atoms. The molecule has 1 N–H and O–H groups in total. The van der Waals surface area contributed by atoms with Gasteiger partial charge in [-0.25, -0.2) is 4.79 Å². The standard InChI is InChI=1S/C17H13BrN2O3S/c18-11-4-1-3-10(7-11)17(22)23-9-15(21)20-16-13(8-19)12-5-2-6-14(12)24-16/h1,3-4,7H,2,5-6,9H2,(H,20,21). The van der Waals surface area contributed by atoms with Gasteiger partial charge in [0.25, 0.3) is 5.91 Å². The maximum atomic E-state index is 12.0. The lowest BCUT2D eigenvalue weighted by Crippen LogP contribution is -2.20. The summed E-state index contributed by atoms with van der Waals surface area (Å²) in [5.74, 6) is -1.02. The second-order valence-corrected chi connectivity index (χ2v) is 7.33. The molecule has 5 nitrogen and oxygen atoms in total. The molecule has 0 atom stereocenters. The van der Waals surface area contributed by atoms with Crippen LogP contribution in [-0.2, 0) is 22.4 Å². The molecule has 1 heterocycles. The van der Waals surface area contributed by atoms with Crippen LogP contribution in [0.2, 0.25) is 0 Å². The van der Waals surface area contributed by atoms with E-state index >= 15 is 0 Å². The van der Waals surface area contributed by atoms with Gasteiger partial charge in [0, 0.05) is 9.35 Å². The van der Waals surface area contributed by atoms with E-state index in [0.717, 1.165) is 34.2 Å². The van der Waals surface area contributed by atoms with Crippen molar-refractivity contribution < 1.29 is 14.3 Å². The van der Waals surface area contributed by atoms with Gasteiger partial charge in [-0.2, -0.15) is 5.26 Å². The SMILES string of the molecule is N#Cc1c(NC(=O)COC(=O)c2cccc(Br)c2)sc2c1CCC2. The Morgan fingerprint density at radius 2 is 2.21 bits per heavy atom. The number of nitriles is 1. The number of benzene rings is 1. The number of hydrogen-bond donors (Lipinski definition) is 1. The summed E-state index contributed by atoms with van der Waals surface area (Å²) < 4.78 is 5.78. The Kier molecular flexibility index (Phi) is 4.97. The molecule has 1 aromatic heterocycles. The average Bonchev–Trinajstić information content (AvgIpc) is 3.13. The molecule has 1 aliphatic rings. The number of carbonyl (C=O) groups excluding carboxylic acids is 2. The zero-order valence-corrected chi connectivity index (χ0v) is 15.0. The number of fused-ring (bicyclic) bond motifs is 1. The third kappa shape index (κ3) is 3.50. The lowest BCUT2D eigenvalue weighted by Gasteiger charge is -2.06. The predicted octanol–water partition coefficient (Wildman–Crippen LogP) is 3.67. The maximum Gasteiger partial charge on any atom is 0.338 e. The Bertz CT molecular complexity index is 854. The highest BCUT2D eigenvalue weighted by molar-refractivity contribution is 9.10. The second kappa shape index (κ2) is 7.16. The molecule has 1 aromatic carbocycles. The first kappa shape index (κ1) is 16.7. The van der Waals surface area contributed by atoms with Gasteiger partial charge in [0.2, 0.25) is 0 Å². The minimum Gasteiger partial charge on any atom is -0.452 e. The van der Waals surface area contributed by atoms with Crippen LogP contribution in [0.25, 0.3) is 0 Å². The lowest BCUT2D eigenvalue weighted by molar-refractivity contribution is -0.119. The van der Waals surface area contributed by atoms with Crippen molar-refractivity contribution in [3.05, 3.63) is 50.3 Å². The zero-order valence-electron chi connectivity index (χ0n) is 12.6. The van der Waals surface area contributed by atoms with Gasteiger partial charge in [0.1, 0.15) is 11.1 Å². The molecule has 1 aliphatic carbocycles.